The number of aliphatic carboxylic acids is 1. The van der Waals surface area contributed by atoms with E-state index < -0.39 is 73.9 Å². The number of rotatable bonds is 9. The molecule has 0 amide bonds. The molecule has 6 N–H and O–H groups in total. The smallest absolute Gasteiger partial charge is 0.335 e. The van der Waals surface area contributed by atoms with Crippen molar-refractivity contribution >= 4 is 5.97 Å². The van der Waals surface area contributed by atoms with Crippen LogP contribution in [0.2, 0.25) is 0 Å². The fraction of sp³-hybridized carbons (Fsp3) is 0.938. The number of hydrogen-bond acceptors (Lipinski definition) is 12. The molecule has 2 fully saturated rings. The molecule has 0 bridgehead atoms. The van der Waals surface area contributed by atoms with Gasteiger partial charge in [-0.2, -0.15) is 0 Å². The Morgan fingerprint density at radius 1 is 0.966 bits per heavy atom. The molecule has 0 saturated carbocycles. The van der Waals surface area contributed by atoms with E-state index in [4.69, 9.17) is 28.4 Å². The van der Waals surface area contributed by atoms with E-state index in [1.807, 2.05) is 0 Å². The van der Waals surface area contributed by atoms with Gasteiger partial charge in [0.2, 0.25) is 0 Å². The number of hydrogen-bond donors (Lipinski definition) is 6. The SMILES string of the molecule is COCNC1C(OC)OC(CO)C(O)C1OC1OC(C(=O)O)C(OC)C(O)C1O. The van der Waals surface area contributed by atoms with Crippen molar-refractivity contribution in [3.05, 3.63) is 0 Å². The fourth-order valence-electron chi connectivity index (χ4n) is 3.39. The Bertz CT molecular complexity index is 524. The molecule has 0 radical (unpaired) electrons. The van der Waals surface area contributed by atoms with Gasteiger partial charge in [-0.05, 0) is 0 Å². The number of carboxylic acids is 1. The monoisotopic (exact) mass is 427 g/mol. The van der Waals surface area contributed by atoms with Crippen molar-refractivity contribution in [2.75, 3.05) is 34.7 Å². The first-order valence-corrected chi connectivity index (χ1v) is 8.92. The molecule has 0 aromatic carbocycles. The predicted octanol–water partition coefficient (Wildman–Crippen LogP) is -3.80. The number of carboxylic acid groups (broad SMARTS) is 1. The first-order chi connectivity index (χ1) is 13.8. The second-order valence-electron chi connectivity index (χ2n) is 6.66. The van der Waals surface area contributed by atoms with Gasteiger partial charge >= 0.3 is 5.97 Å². The first-order valence-electron chi connectivity index (χ1n) is 8.92. The topological polar surface area (TPSA) is 186 Å². The zero-order chi connectivity index (χ0) is 21.7. The van der Waals surface area contributed by atoms with Gasteiger partial charge in [0.05, 0.1) is 19.4 Å². The molecule has 2 heterocycles. The normalized spacial score (nSPS) is 43.3. The van der Waals surface area contributed by atoms with Gasteiger partial charge in [-0.3, -0.25) is 5.32 Å². The molecule has 0 aromatic heterocycles. The lowest BCUT2D eigenvalue weighted by Gasteiger charge is -2.47. The summed E-state index contributed by atoms with van der Waals surface area (Å²) in [6.45, 7) is -0.539. The maximum absolute atomic E-state index is 11.5. The molecule has 10 unspecified atom stereocenters. The molecular formula is C16H29NO12. The van der Waals surface area contributed by atoms with E-state index in [1.54, 1.807) is 0 Å². The van der Waals surface area contributed by atoms with Gasteiger partial charge in [0.25, 0.3) is 0 Å². The van der Waals surface area contributed by atoms with Crippen LogP contribution in [0.4, 0.5) is 0 Å². The number of ether oxygens (including phenoxy) is 6. The molecule has 0 aliphatic carbocycles. The minimum atomic E-state index is -1.68. The van der Waals surface area contributed by atoms with Crippen LogP contribution in [0.5, 0.6) is 0 Å². The van der Waals surface area contributed by atoms with Gasteiger partial charge in [0, 0.05) is 21.3 Å². The molecule has 2 aliphatic heterocycles. The summed E-state index contributed by atoms with van der Waals surface area (Å²) in [5.41, 5.74) is 0. The third-order valence-corrected chi connectivity index (χ3v) is 4.90. The highest BCUT2D eigenvalue weighted by molar-refractivity contribution is 5.73. The number of aliphatic hydroxyl groups excluding tert-OH is 4. The van der Waals surface area contributed by atoms with Crippen molar-refractivity contribution in [2.45, 2.75) is 61.3 Å². The second kappa shape index (κ2) is 10.9. The number of nitrogens with one attached hydrogen (secondary N) is 1. The molecule has 13 heteroatoms. The van der Waals surface area contributed by atoms with E-state index in [2.05, 4.69) is 5.32 Å². The van der Waals surface area contributed by atoms with Crippen molar-refractivity contribution in [1.82, 2.24) is 5.32 Å². The number of methoxy groups -OCH3 is 3. The van der Waals surface area contributed by atoms with E-state index in [0.717, 1.165) is 0 Å². The molecule has 2 rings (SSSR count). The highest BCUT2D eigenvalue weighted by atomic mass is 16.7. The van der Waals surface area contributed by atoms with Crippen LogP contribution in [0.15, 0.2) is 0 Å². The van der Waals surface area contributed by atoms with Gasteiger partial charge in [-0.25, -0.2) is 4.79 Å². The van der Waals surface area contributed by atoms with Crippen molar-refractivity contribution < 1.29 is 58.7 Å². The van der Waals surface area contributed by atoms with Crippen molar-refractivity contribution in [1.29, 1.82) is 0 Å². The Kier molecular flexibility index (Phi) is 9.12. The third-order valence-electron chi connectivity index (χ3n) is 4.90. The van der Waals surface area contributed by atoms with Crippen LogP contribution in [-0.4, -0.2) is 128 Å². The summed E-state index contributed by atoms with van der Waals surface area (Å²) in [7, 11) is 3.94. The molecule has 0 aromatic rings. The van der Waals surface area contributed by atoms with Crippen LogP contribution in [0.1, 0.15) is 0 Å². The maximum atomic E-state index is 11.5. The van der Waals surface area contributed by atoms with Gasteiger partial charge in [-0.15, -0.1) is 0 Å². The van der Waals surface area contributed by atoms with E-state index in [1.165, 1.54) is 21.3 Å². The average Bonchev–Trinajstić information content (AvgIpc) is 2.71. The number of carbonyl (C=O) groups is 1. The van der Waals surface area contributed by atoms with Gasteiger partial charge in [0.1, 0.15) is 36.6 Å². The second-order valence-corrected chi connectivity index (χ2v) is 6.66. The van der Waals surface area contributed by atoms with Crippen LogP contribution in [-0.2, 0) is 33.2 Å². The molecule has 170 valence electrons. The van der Waals surface area contributed by atoms with Gasteiger partial charge < -0.3 is 54.0 Å². The quantitative estimate of drug-likeness (QED) is 0.197. The van der Waals surface area contributed by atoms with Crippen LogP contribution in [0, 0.1) is 0 Å². The van der Waals surface area contributed by atoms with Gasteiger partial charge in [-0.1, -0.05) is 0 Å². The Balaban J connectivity index is 2.26. The van der Waals surface area contributed by atoms with Crippen molar-refractivity contribution in [3.8, 4) is 0 Å². The highest BCUT2D eigenvalue weighted by Gasteiger charge is 2.52. The summed E-state index contributed by atoms with van der Waals surface area (Å²) < 4.78 is 31.6. The highest BCUT2D eigenvalue weighted by Crippen LogP contribution is 2.30. The molecule has 10 atom stereocenters. The zero-order valence-corrected chi connectivity index (χ0v) is 16.3. The van der Waals surface area contributed by atoms with Crippen LogP contribution in [0.25, 0.3) is 0 Å². The van der Waals surface area contributed by atoms with E-state index in [-0.39, 0.29) is 6.73 Å². The summed E-state index contributed by atoms with van der Waals surface area (Å²) in [5.74, 6) is -1.43. The van der Waals surface area contributed by atoms with Crippen molar-refractivity contribution in [3.63, 3.8) is 0 Å². The average molecular weight is 427 g/mol. The lowest BCUT2D eigenvalue weighted by Crippen LogP contribution is -2.68. The minimum absolute atomic E-state index is 0.0183. The largest absolute Gasteiger partial charge is 0.479 e. The first kappa shape index (κ1) is 24.3. The lowest BCUT2D eigenvalue weighted by molar-refractivity contribution is -0.341. The zero-order valence-electron chi connectivity index (χ0n) is 16.3. The summed E-state index contributed by atoms with van der Waals surface area (Å²) >= 11 is 0. The summed E-state index contributed by atoms with van der Waals surface area (Å²) in [6.07, 6.45) is -12.6. The standard InChI is InChI=1S/C16H29NO12/c1-24-5-17-7-11(8(19)6(4-18)27-15(7)26-3)28-16-10(21)9(20)12(25-2)13(29-16)14(22)23/h6-13,15-21H,4-5H2,1-3H3,(H,22,23). The molecule has 2 saturated heterocycles. The fourth-order valence-corrected chi connectivity index (χ4v) is 3.39. The maximum Gasteiger partial charge on any atom is 0.335 e. The van der Waals surface area contributed by atoms with Gasteiger partial charge in [0.15, 0.2) is 18.7 Å². The minimum Gasteiger partial charge on any atom is -0.479 e. The summed E-state index contributed by atoms with van der Waals surface area (Å²) in [5, 5.41) is 52.9. The van der Waals surface area contributed by atoms with Crippen LogP contribution >= 0.6 is 0 Å². The Labute approximate surface area is 167 Å². The van der Waals surface area contributed by atoms with Crippen LogP contribution < -0.4 is 5.32 Å². The van der Waals surface area contributed by atoms with Crippen LogP contribution in [0.3, 0.4) is 0 Å². The molecule has 0 spiro atoms. The Morgan fingerprint density at radius 3 is 2.17 bits per heavy atom. The van der Waals surface area contributed by atoms with E-state index in [9.17, 15) is 30.3 Å². The van der Waals surface area contributed by atoms with Crippen molar-refractivity contribution in [2.24, 2.45) is 0 Å². The van der Waals surface area contributed by atoms with E-state index in [0.29, 0.717) is 0 Å². The summed E-state index contributed by atoms with van der Waals surface area (Å²) in [4.78, 5) is 11.5. The Hall–Kier alpha value is -0.970. The summed E-state index contributed by atoms with van der Waals surface area (Å²) in [6, 6.07) is -0.853. The Morgan fingerprint density at radius 2 is 1.66 bits per heavy atom. The number of aliphatic hydroxyl groups is 4. The predicted molar refractivity (Wildman–Crippen MR) is 91.5 cm³/mol. The lowest BCUT2D eigenvalue weighted by atomic mass is 9.95. The molecule has 29 heavy (non-hydrogen) atoms. The molecule has 2 aliphatic rings. The third kappa shape index (κ3) is 5.21. The molecule has 13 nitrogen and oxygen atoms in total. The van der Waals surface area contributed by atoms with E-state index >= 15 is 0 Å². The molecular weight excluding hydrogens is 398 g/mol.